The van der Waals surface area contributed by atoms with Crippen molar-refractivity contribution in [2.24, 2.45) is 0 Å². The van der Waals surface area contributed by atoms with Gasteiger partial charge >= 0.3 is 6.18 Å². The van der Waals surface area contributed by atoms with E-state index in [1.165, 1.54) is 36.4 Å². The molecule has 0 aliphatic heterocycles. The maximum Gasteiger partial charge on any atom is 0.434 e. The number of aromatic nitrogens is 2. The molecular formula is C20H19F3N4O3S. The van der Waals surface area contributed by atoms with Crippen molar-refractivity contribution < 1.29 is 26.4 Å². The number of alkyl halides is 3. The fourth-order valence-corrected chi connectivity index (χ4v) is 4.10. The smallest absolute Gasteiger partial charge is 0.322 e. The largest absolute Gasteiger partial charge is 0.434 e. The van der Waals surface area contributed by atoms with Gasteiger partial charge in [0.25, 0.3) is 5.91 Å². The van der Waals surface area contributed by atoms with E-state index in [0.717, 1.165) is 6.20 Å². The van der Waals surface area contributed by atoms with E-state index in [0.29, 0.717) is 4.68 Å². The van der Waals surface area contributed by atoms with Crippen molar-refractivity contribution in [3.63, 3.8) is 0 Å². The normalized spacial score (nSPS) is 12.2. The highest BCUT2D eigenvalue weighted by Crippen LogP contribution is 2.34. The second kappa shape index (κ2) is 8.52. The molecule has 0 radical (unpaired) electrons. The average molecular weight is 452 g/mol. The zero-order chi connectivity index (χ0) is 22.8. The van der Waals surface area contributed by atoms with Crippen LogP contribution < -0.4 is 10.0 Å². The predicted molar refractivity (Wildman–Crippen MR) is 108 cm³/mol. The van der Waals surface area contributed by atoms with Crippen LogP contribution in [0.25, 0.3) is 5.69 Å². The molecule has 164 valence electrons. The molecule has 0 fully saturated rings. The molecule has 0 saturated heterocycles. The number of sulfonamides is 1. The lowest BCUT2D eigenvalue weighted by Crippen LogP contribution is -2.30. The number of benzene rings is 2. The summed E-state index contributed by atoms with van der Waals surface area (Å²) in [7, 11) is -3.74. The summed E-state index contributed by atoms with van der Waals surface area (Å²) < 4.78 is 68.5. The quantitative estimate of drug-likeness (QED) is 0.595. The average Bonchev–Trinajstić information content (AvgIpc) is 3.14. The minimum Gasteiger partial charge on any atom is -0.322 e. The lowest BCUT2D eigenvalue weighted by molar-refractivity contribution is -0.143. The van der Waals surface area contributed by atoms with Crippen molar-refractivity contribution in [2.45, 2.75) is 31.0 Å². The summed E-state index contributed by atoms with van der Waals surface area (Å²) in [6.07, 6.45) is -3.99. The van der Waals surface area contributed by atoms with Crippen LogP contribution in [0.15, 0.2) is 65.7 Å². The third-order valence-corrected chi connectivity index (χ3v) is 5.77. The first-order chi connectivity index (χ1) is 14.5. The van der Waals surface area contributed by atoms with Crippen LogP contribution in [0.2, 0.25) is 0 Å². The SMILES string of the molecule is CC(C)NS(=O)(=O)c1ccc(NC(=O)c2cnn(-c3ccccc3)c2C(F)(F)F)cc1. The Hall–Kier alpha value is -3.18. The number of halogens is 3. The molecule has 0 aliphatic rings. The van der Waals surface area contributed by atoms with E-state index in [1.54, 1.807) is 32.0 Å². The Morgan fingerprint density at radius 1 is 1.03 bits per heavy atom. The van der Waals surface area contributed by atoms with Crippen molar-refractivity contribution in [1.82, 2.24) is 14.5 Å². The number of nitrogens with one attached hydrogen (secondary N) is 2. The summed E-state index contributed by atoms with van der Waals surface area (Å²) in [4.78, 5) is 12.5. The fraction of sp³-hybridized carbons (Fsp3) is 0.200. The summed E-state index contributed by atoms with van der Waals surface area (Å²) in [5.41, 5.74) is -1.58. The first kappa shape index (κ1) is 22.5. The van der Waals surface area contributed by atoms with Crippen molar-refractivity contribution in [2.75, 3.05) is 5.32 Å². The number of rotatable bonds is 6. The van der Waals surface area contributed by atoms with Crippen LogP contribution in [0.5, 0.6) is 0 Å². The topological polar surface area (TPSA) is 93.1 Å². The molecule has 7 nitrogen and oxygen atoms in total. The first-order valence-electron chi connectivity index (χ1n) is 9.13. The van der Waals surface area contributed by atoms with E-state index in [-0.39, 0.29) is 22.3 Å². The Bertz CT molecular complexity index is 1170. The van der Waals surface area contributed by atoms with Gasteiger partial charge in [-0.3, -0.25) is 4.79 Å². The maximum absolute atomic E-state index is 13.7. The van der Waals surface area contributed by atoms with Gasteiger partial charge in [-0.1, -0.05) is 18.2 Å². The number of nitrogens with zero attached hydrogens (tertiary/aromatic N) is 2. The predicted octanol–water partition coefficient (Wildman–Crippen LogP) is 3.83. The number of carbonyl (C=O) groups is 1. The molecule has 2 N–H and O–H groups in total. The third-order valence-electron chi connectivity index (χ3n) is 4.10. The summed E-state index contributed by atoms with van der Waals surface area (Å²) in [6.45, 7) is 3.33. The van der Waals surface area contributed by atoms with Crippen LogP contribution in [0.3, 0.4) is 0 Å². The number of para-hydroxylation sites is 1. The van der Waals surface area contributed by atoms with Gasteiger partial charge in [-0.15, -0.1) is 0 Å². The molecule has 0 aliphatic carbocycles. The summed E-state index contributed by atoms with van der Waals surface area (Å²) in [5.74, 6) is -1.02. The molecule has 1 heterocycles. The Morgan fingerprint density at radius 2 is 1.65 bits per heavy atom. The molecular weight excluding hydrogens is 433 g/mol. The van der Waals surface area contributed by atoms with E-state index in [9.17, 15) is 26.4 Å². The number of anilines is 1. The molecule has 3 rings (SSSR count). The second-order valence-corrected chi connectivity index (χ2v) is 8.62. The molecule has 1 aromatic heterocycles. The molecule has 3 aromatic rings. The molecule has 0 unspecified atom stereocenters. The van der Waals surface area contributed by atoms with E-state index >= 15 is 0 Å². The minimum absolute atomic E-state index is 0.0351. The highest BCUT2D eigenvalue weighted by Gasteiger charge is 2.40. The first-order valence-corrected chi connectivity index (χ1v) is 10.6. The van der Waals surface area contributed by atoms with E-state index < -0.39 is 33.4 Å². The Labute approximate surface area is 176 Å². The van der Waals surface area contributed by atoms with Gasteiger partial charge in [0.2, 0.25) is 10.0 Å². The molecule has 1 amide bonds. The second-order valence-electron chi connectivity index (χ2n) is 6.91. The summed E-state index contributed by atoms with van der Waals surface area (Å²) >= 11 is 0. The molecule has 2 aromatic carbocycles. The molecule has 0 bridgehead atoms. The van der Waals surface area contributed by atoms with Crippen LogP contribution in [0.1, 0.15) is 29.9 Å². The zero-order valence-corrected chi connectivity index (χ0v) is 17.3. The van der Waals surface area contributed by atoms with Crippen molar-refractivity contribution >= 4 is 21.6 Å². The van der Waals surface area contributed by atoms with Gasteiger partial charge < -0.3 is 5.32 Å². The number of carbonyl (C=O) groups excluding carboxylic acids is 1. The van der Waals surface area contributed by atoms with Crippen molar-refractivity contribution in [3.05, 3.63) is 72.1 Å². The van der Waals surface area contributed by atoms with Gasteiger partial charge in [0.05, 0.1) is 22.3 Å². The Balaban J connectivity index is 1.88. The van der Waals surface area contributed by atoms with Gasteiger partial charge in [-0.2, -0.15) is 18.3 Å². The Morgan fingerprint density at radius 3 is 2.19 bits per heavy atom. The van der Waals surface area contributed by atoms with Crippen LogP contribution in [-0.2, 0) is 16.2 Å². The molecule has 11 heteroatoms. The van der Waals surface area contributed by atoms with Crippen LogP contribution in [-0.4, -0.2) is 30.1 Å². The molecule has 31 heavy (non-hydrogen) atoms. The molecule has 0 atom stereocenters. The minimum atomic E-state index is -4.83. The third kappa shape index (κ3) is 5.12. The lowest BCUT2D eigenvalue weighted by atomic mass is 10.2. The summed E-state index contributed by atoms with van der Waals surface area (Å²) in [6, 6.07) is 12.4. The van der Waals surface area contributed by atoms with Gasteiger partial charge in [0, 0.05) is 11.7 Å². The molecule has 0 saturated carbocycles. The summed E-state index contributed by atoms with van der Waals surface area (Å²) in [5, 5.41) is 6.09. The van der Waals surface area contributed by atoms with Crippen LogP contribution in [0.4, 0.5) is 18.9 Å². The van der Waals surface area contributed by atoms with Crippen molar-refractivity contribution in [1.29, 1.82) is 0 Å². The highest BCUT2D eigenvalue weighted by molar-refractivity contribution is 7.89. The maximum atomic E-state index is 13.7. The lowest BCUT2D eigenvalue weighted by Gasteiger charge is -2.13. The van der Waals surface area contributed by atoms with E-state index in [4.69, 9.17) is 0 Å². The van der Waals surface area contributed by atoms with Crippen LogP contribution in [0, 0.1) is 0 Å². The van der Waals surface area contributed by atoms with E-state index in [2.05, 4.69) is 15.1 Å². The number of hydrogen-bond acceptors (Lipinski definition) is 4. The Kier molecular flexibility index (Phi) is 6.18. The van der Waals surface area contributed by atoms with E-state index in [1.807, 2.05) is 0 Å². The van der Waals surface area contributed by atoms with Crippen molar-refractivity contribution in [3.8, 4) is 5.69 Å². The number of amides is 1. The van der Waals surface area contributed by atoms with Gasteiger partial charge in [-0.25, -0.2) is 17.8 Å². The highest BCUT2D eigenvalue weighted by atomic mass is 32.2. The van der Waals surface area contributed by atoms with Gasteiger partial charge in [0.1, 0.15) is 0 Å². The fourth-order valence-electron chi connectivity index (χ4n) is 2.85. The molecule has 0 spiro atoms. The monoisotopic (exact) mass is 452 g/mol. The van der Waals surface area contributed by atoms with Crippen LogP contribution >= 0.6 is 0 Å². The standard InChI is InChI=1S/C20H19F3N4O3S/c1-13(2)26-31(29,30)16-10-8-14(9-11-16)25-19(28)17-12-24-27(18(17)20(21,22)23)15-6-4-3-5-7-15/h3-13,26H,1-2H3,(H,25,28). The van der Waals surface area contributed by atoms with Gasteiger partial charge in [-0.05, 0) is 50.2 Å². The zero-order valence-electron chi connectivity index (χ0n) is 16.5. The number of hydrogen-bond donors (Lipinski definition) is 2. The van der Waals surface area contributed by atoms with Gasteiger partial charge in [0.15, 0.2) is 5.69 Å².